The van der Waals surface area contributed by atoms with Gasteiger partial charge in [0, 0.05) is 8.04 Å². The topological polar surface area (TPSA) is 0 Å². The quantitative estimate of drug-likeness (QED) is 0.342. The normalized spacial score (nSPS) is 14.1. The fraction of sp³-hybridized carbons (Fsp3) is 0.294. The van der Waals surface area contributed by atoms with Crippen LogP contribution < -0.4 is 0 Å². The van der Waals surface area contributed by atoms with Gasteiger partial charge in [-0.25, -0.2) is 0 Å². The van der Waals surface area contributed by atoms with E-state index in [1.165, 1.54) is 9.13 Å². The Balaban J connectivity index is 2.29. The Bertz CT molecular complexity index is 580. The molecule has 2 atom stereocenters. The van der Waals surface area contributed by atoms with Crippen molar-refractivity contribution in [1.29, 1.82) is 0 Å². The maximum absolute atomic E-state index is 6.64. The smallest absolute Gasteiger partial charge is 0.0846 e. The Morgan fingerprint density at radius 2 is 1.70 bits per heavy atom. The van der Waals surface area contributed by atoms with E-state index in [2.05, 4.69) is 94.8 Å². The molecule has 2 rings (SSSR count). The lowest BCUT2D eigenvalue weighted by Gasteiger charge is -2.15. The van der Waals surface area contributed by atoms with E-state index in [1.54, 1.807) is 0 Å². The maximum atomic E-state index is 6.64. The number of halogens is 3. The molecule has 0 N–H and O–H groups in total. The highest BCUT2D eigenvalue weighted by atomic mass is 127. The van der Waals surface area contributed by atoms with Gasteiger partial charge in [-0.3, -0.25) is 0 Å². The summed E-state index contributed by atoms with van der Waals surface area (Å²) in [6.07, 6.45) is 1.16. The van der Waals surface area contributed by atoms with Gasteiger partial charge in [-0.15, -0.1) is 11.6 Å². The molecule has 2 aromatic carbocycles. The van der Waals surface area contributed by atoms with Crippen LogP contribution in [0.4, 0.5) is 0 Å². The molecule has 0 radical (unpaired) electrons. The Kier molecular flexibility index (Phi) is 5.94. The largest absolute Gasteiger partial charge is 0.113 e. The lowest BCUT2D eigenvalue weighted by atomic mass is 9.96. The third kappa shape index (κ3) is 3.77. The molecule has 0 nitrogen and oxygen atoms in total. The van der Waals surface area contributed by atoms with Gasteiger partial charge in [-0.1, -0.05) is 54.0 Å². The van der Waals surface area contributed by atoms with Crippen molar-refractivity contribution in [2.45, 2.75) is 31.6 Å². The molecule has 0 aromatic heterocycles. The molecule has 0 aliphatic rings. The predicted molar refractivity (Wildman–Crippen MR) is 99.7 cm³/mol. The van der Waals surface area contributed by atoms with Crippen molar-refractivity contribution in [3.05, 3.63) is 67.2 Å². The van der Waals surface area contributed by atoms with Gasteiger partial charge in [0.2, 0.25) is 0 Å². The third-order valence-corrected chi connectivity index (χ3v) is 5.52. The molecular weight excluding hydrogens is 446 g/mol. The first kappa shape index (κ1) is 16.3. The summed E-state index contributed by atoms with van der Waals surface area (Å²) in [5.41, 5.74) is 3.64. The van der Waals surface area contributed by atoms with Crippen molar-refractivity contribution in [1.82, 2.24) is 0 Å². The standard InChI is InChI=1S/C17H17BrClI/c1-3-11(2)12-4-6-13(7-5-12)17(19)15-10-14(20)8-9-16(15)18/h4-11,17H,3H2,1-2H3. The predicted octanol–water partition coefficient (Wildman–Crippen LogP) is 6.90. The van der Waals surface area contributed by atoms with Crippen LogP contribution in [-0.4, -0.2) is 0 Å². The number of benzene rings is 2. The summed E-state index contributed by atoms with van der Waals surface area (Å²) in [6.45, 7) is 4.47. The van der Waals surface area contributed by atoms with E-state index in [0.29, 0.717) is 5.92 Å². The van der Waals surface area contributed by atoms with E-state index < -0.39 is 0 Å². The molecule has 0 amide bonds. The van der Waals surface area contributed by atoms with Crippen LogP contribution in [0, 0.1) is 3.57 Å². The second-order valence-electron chi connectivity index (χ2n) is 5.00. The van der Waals surface area contributed by atoms with Crippen LogP contribution in [0.15, 0.2) is 46.9 Å². The van der Waals surface area contributed by atoms with Gasteiger partial charge in [-0.05, 0) is 69.8 Å². The highest BCUT2D eigenvalue weighted by Crippen LogP contribution is 2.35. The van der Waals surface area contributed by atoms with Gasteiger partial charge in [0.1, 0.15) is 0 Å². The molecule has 0 heterocycles. The molecule has 20 heavy (non-hydrogen) atoms. The second-order valence-corrected chi connectivity index (χ2v) is 7.54. The zero-order chi connectivity index (χ0) is 14.7. The molecular formula is C17H17BrClI. The third-order valence-electron chi connectivity index (χ3n) is 3.64. The highest BCUT2D eigenvalue weighted by molar-refractivity contribution is 14.1. The molecule has 0 bridgehead atoms. The highest BCUT2D eigenvalue weighted by Gasteiger charge is 2.15. The molecule has 0 saturated heterocycles. The minimum Gasteiger partial charge on any atom is -0.113 e. The van der Waals surface area contributed by atoms with E-state index in [4.69, 9.17) is 11.6 Å². The van der Waals surface area contributed by atoms with E-state index in [9.17, 15) is 0 Å². The number of hydrogen-bond donors (Lipinski definition) is 0. The van der Waals surface area contributed by atoms with Crippen molar-refractivity contribution < 1.29 is 0 Å². The molecule has 0 aliphatic heterocycles. The van der Waals surface area contributed by atoms with Crippen LogP contribution >= 0.6 is 50.1 Å². The summed E-state index contributed by atoms with van der Waals surface area (Å²) in [5.74, 6) is 0.599. The van der Waals surface area contributed by atoms with Gasteiger partial charge in [0.15, 0.2) is 0 Å². The molecule has 0 spiro atoms. The monoisotopic (exact) mass is 462 g/mol. The first-order valence-corrected chi connectivity index (χ1v) is 9.02. The fourth-order valence-corrected chi connectivity index (χ4v) is 3.57. The number of rotatable bonds is 4. The van der Waals surface area contributed by atoms with Crippen molar-refractivity contribution in [2.24, 2.45) is 0 Å². The summed E-state index contributed by atoms with van der Waals surface area (Å²) in [4.78, 5) is 0. The van der Waals surface area contributed by atoms with Crippen molar-refractivity contribution in [3.63, 3.8) is 0 Å². The molecule has 0 saturated carbocycles. The van der Waals surface area contributed by atoms with E-state index in [1.807, 2.05) is 0 Å². The summed E-state index contributed by atoms with van der Waals surface area (Å²) >= 11 is 12.5. The lowest BCUT2D eigenvalue weighted by Crippen LogP contribution is -1.97. The Hall–Kier alpha value is -0.0600. The number of hydrogen-bond acceptors (Lipinski definition) is 0. The van der Waals surface area contributed by atoms with E-state index >= 15 is 0 Å². The zero-order valence-corrected chi connectivity index (χ0v) is 16.0. The molecule has 2 aromatic rings. The van der Waals surface area contributed by atoms with Gasteiger partial charge >= 0.3 is 0 Å². The van der Waals surface area contributed by atoms with Gasteiger partial charge < -0.3 is 0 Å². The molecule has 3 heteroatoms. The van der Waals surface area contributed by atoms with E-state index in [0.717, 1.165) is 22.0 Å². The molecule has 2 unspecified atom stereocenters. The van der Waals surface area contributed by atoms with Crippen LogP contribution in [0.5, 0.6) is 0 Å². The van der Waals surface area contributed by atoms with Crippen LogP contribution in [0.25, 0.3) is 0 Å². The average molecular weight is 464 g/mol. The minimum atomic E-state index is -0.120. The van der Waals surface area contributed by atoms with E-state index in [-0.39, 0.29) is 5.38 Å². The van der Waals surface area contributed by atoms with Crippen LogP contribution in [0.2, 0.25) is 0 Å². The van der Waals surface area contributed by atoms with Gasteiger partial charge in [-0.2, -0.15) is 0 Å². The Morgan fingerprint density at radius 3 is 2.30 bits per heavy atom. The molecule has 0 fully saturated rings. The van der Waals surface area contributed by atoms with Crippen LogP contribution in [0.3, 0.4) is 0 Å². The minimum absolute atomic E-state index is 0.120. The van der Waals surface area contributed by atoms with Gasteiger partial charge in [0.25, 0.3) is 0 Å². The second kappa shape index (κ2) is 7.28. The molecule has 0 aliphatic carbocycles. The fourth-order valence-electron chi connectivity index (χ4n) is 2.12. The first-order chi connectivity index (χ1) is 9.52. The molecule has 106 valence electrons. The zero-order valence-electron chi connectivity index (χ0n) is 11.5. The first-order valence-electron chi connectivity index (χ1n) is 6.71. The average Bonchev–Trinajstić information content (AvgIpc) is 2.48. The SMILES string of the molecule is CCC(C)c1ccc(C(Cl)c2cc(I)ccc2Br)cc1. The Labute approximate surface area is 148 Å². The number of alkyl halides is 1. The van der Waals surface area contributed by atoms with Gasteiger partial charge in [0.05, 0.1) is 5.38 Å². The van der Waals surface area contributed by atoms with Crippen LogP contribution in [-0.2, 0) is 0 Å². The summed E-state index contributed by atoms with van der Waals surface area (Å²) in [6, 6.07) is 14.9. The maximum Gasteiger partial charge on any atom is 0.0846 e. The van der Waals surface area contributed by atoms with Crippen molar-refractivity contribution in [2.75, 3.05) is 0 Å². The lowest BCUT2D eigenvalue weighted by molar-refractivity contribution is 0.733. The van der Waals surface area contributed by atoms with Crippen molar-refractivity contribution in [3.8, 4) is 0 Å². The van der Waals surface area contributed by atoms with Crippen LogP contribution in [0.1, 0.15) is 48.3 Å². The summed E-state index contributed by atoms with van der Waals surface area (Å²) in [7, 11) is 0. The Morgan fingerprint density at radius 1 is 1.10 bits per heavy atom. The van der Waals surface area contributed by atoms with Crippen molar-refractivity contribution >= 4 is 50.1 Å². The summed E-state index contributed by atoms with van der Waals surface area (Å²) < 4.78 is 2.26. The summed E-state index contributed by atoms with van der Waals surface area (Å²) in [5, 5.41) is -0.120.